The van der Waals surface area contributed by atoms with Crippen LogP contribution in [0.5, 0.6) is 11.5 Å². The third kappa shape index (κ3) is 3.27. The molecule has 1 aliphatic carbocycles. The Kier molecular flexibility index (Phi) is 4.37. The van der Waals surface area contributed by atoms with Crippen LogP contribution in [0.25, 0.3) is 0 Å². The highest BCUT2D eigenvalue weighted by Crippen LogP contribution is 2.35. The van der Waals surface area contributed by atoms with Gasteiger partial charge in [-0.3, -0.25) is 0 Å². The maximum atomic E-state index is 10.2. The van der Waals surface area contributed by atoms with Crippen LogP contribution in [0.15, 0.2) is 36.4 Å². The Bertz CT molecular complexity index is 655. The molecule has 22 heavy (non-hydrogen) atoms. The van der Waals surface area contributed by atoms with Gasteiger partial charge in [-0.1, -0.05) is 49.1 Å². The first-order valence-corrected chi connectivity index (χ1v) is 8.24. The van der Waals surface area contributed by atoms with Gasteiger partial charge in [-0.15, -0.1) is 0 Å². The molecular formula is C20H24O2. The lowest BCUT2D eigenvalue weighted by Crippen LogP contribution is -2.05. The van der Waals surface area contributed by atoms with Crippen molar-refractivity contribution in [2.45, 2.75) is 51.4 Å². The molecule has 1 saturated carbocycles. The smallest absolute Gasteiger partial charge is 0.119 e. The summed E-state index contributed by atoms with van der Waals surface area (Å²) in [6.07, 6.45) is 7.03. The van der Waals surface area contributed by atoms with Gasteiger partial charge in [0.25, 0.3) is 0 Å². The zero-order valence-corrected chi connectivity index (χ0v) is 13.2. The number of aromatic hydroxyl groups is 2. The van der Waals surface area contributed by atoms with E-state index < -0.39 is 0 Å². The summed E-state index contributed by atoms with van der Waals surface area (Å²) in [7, 11) is 0. The van der Waals surface area contributed by atoms with E-state index in [0.29, 0.717) is 23.8 Å². The number of hydrogen-bond acceptors (Lipinski definition) is 2. The number of benzene rings is 2. The minimum absolute atomic E-state index is 0.299. The maximum Gasteiger partial charge on any atom is 0.119 e. The molecule has 0 spiro atoms. The van der Waals surface area contributed by atoms with Crippen molar-refractivity contribution in [2.75, 3.05) is 0 Å². The van der Waals surface area contributed by atoms with Crippen molar-refractivity contribution in [3.05, 3.63) is 58.7 Å². The number of phenols is 2. The molecule has 2 aromatic rings. The third-order valence-electron chi connectivity index (χ3n) is 4.80. The van der Waals surface area contributed by atoms with E-state index in [1.54, 1.807) is 6.07 Å². The molecule has 2 heteroatoms. The molecule has 2 N–H and O–H groups in total. The minimum Gasteiger partial charge on any atom is -0.508 e. The summed E-state index contributed by atoms with van der Waals surface area (Å²) in [4.78, 5) is 0. The summed E-state index contributed by atoms with van der Waals surface area (Å²) in [5.74, 6) is 1.24. The Morgan fingerprint density at radius 1 is 0.864 bits per heavy atom. The van der Waals surface area contributed by atoms with E-state index >= 15 is 0 Å². The van der Waals surface area contributed by atoms with Crippen LogP contribution in [0.3, 0.4) is 0 Å². The van der Waals surface area contributed by atoms with Crippen molar-refractivity contribution in [1.29, 1.82) is 0 Å². The second kappa shape index (κ2) is 6.43. The zero-order valence-electron chi connectivity index (χ0n) is 13.2. The molecule has 116 valence electrons. The van der Waals surface area contributed by atoms with Crippen LogP contribution in [0.1, 0.15) is 60.3 Å². The summed E-state index contributed by atoms with van der Waals surface area (Å²) >= 11 is 0. The van der Waals surface area contributed by atoms with Crippen LogP contribution < -0.4 is 0 Å². The first kappa shape index (κ1) is 15.0. The summed E-state index contributed by atoms with van der Waals surface area (Å²) in [6, 6.07) is 11.6. The average Bonchev–Trinajstić information content (AvgIpc) is 2.54. The lowest BCUT2D eigenvalue weighted by atomic mass is 9.83. The molecule has 0 radical (unpaired) electrons. The Morgan fingerprint density at radius 2 is 1.50 bits per heavy atom. The number of aryl methyl sites for hydroxylation is 1. The van der Waals surface area contributed by atoms with Gasteiger partial charge in [0.15, 0.2) is 0 Å². The quantitative estimate of drug-likeness (QED) is 0.832. The molecule has 1 fully saturated rings. The maximum absolute atomic E-state index is 10.2. The molecule has 0 saturated heterocycles. The van der Waals surface area contributed by atoms with Gasteiger partial charge in [0.05, 0.1) is 0 Å². The predicted octanol–water partition coefficient (Wildman–Crippen LogP) is 5.04. The van der Waals surface area contributed by atoms with Crippen LogP contribution in [-0.4, -0.2) is 10.2 Å². The average molecular weight is 296 g/mol. The molecule has 2 nitrogen and oxygen atoms in total. The lowest BCUT2D eigenvalue weighted by Gasteiger charge is -2.22. The van der Waals surface area contributed by atoms with Gasteiger partial charge in [-0.2, -0.15) is 0 Å². The van der Waals surface area contributed by atoms with Crippen LogP contribution in [0.4, 0.5) is 0 Å². The first-order valence-electron chi connectivity index (χ1n) is 8.24. The molecule has 0 unspecified atom stereocenters. The summed E-state index contributed by atoms with van der Waals surface area (Å²) in [5.41, 5.74) is 4.23. The van der Waals surface area contributed by atoms with Gasteiger partial charge in [-0.05, 0) is 54.5 Å². The number of phenolic OH excluding ortho intramolecular Hbond substituents is 2. The zero-order chi connectivity index (χ0) is 15.5. The largest absolute Gasteiger partial charge is 0.508 e. The topological polar surface area (TPSA) is 40.5 Å². The molecule has 3 rings (SSSR count). The van der Waals surface area contributed by atoms with Crippen LogP contribution >= 0.6 is 0 Å². The second-order valence-electron chi connectivity index (χ2n) is 6.53. The van der Waals surface area contributed by atoms with Crippen molar-refractivity contribution in [2.24, 2.45) is 0 Å². The standard InChI is InChI=1S/C20H24O2/c1-14-7-9-19(21)17(11-14)13-18-12-16(8-10-20(18)22)15-5-3-2-4-6-15/h7-12,15,21-22H,2-6,13H2,1H3. The fourth-order valence-electron chi connectivity index (χ4n) is 3.50. The fraction of sp³-hybridized carbons (Fsp3) is 0.400. The van der Waals surface area contributed by atoms with Gasteiger partial charge >= 0.3 is 0 Å². The monoisotopic (exact) mass is 296 g/mol. The highest BCUT2D eigenvalue weighted by Gasteiger charge is 2.17. The van der Waals surface area contributed by atoms with Gasteiger partial charge in [0.2, 0.25) is 0 Å². The highest BCUT2D eigenvalue weighted by atomic mass is 16.3. The molecule has 0 aliphatic heterocycles. The van der Waals surface area contributed by atoms with E-state index in [0.717, 1.165) is 16.7 Å². The van der Waals surface area contributed by atoms with Gasteiger partial charge < -0.3 is 10.2 Å². The van der Waals surface area contributed by atoms with Gasteiger partial charge in [0, 0.05) is 6.42 Å². The van der Waals surface area contributed by atoms with E-state index in [9.17, 15) is 10.2 Å². The molecule has 1 aliphatic rings. The van der Waals surface area contributed by atoms with E-state index in [-0.39, 0.29) is 0 Å². The Balaban J connectivity index is 1.87. The molecule has 0 aromatic heterocycles. The van der Waals surface area contributed by atoms with Crippen LogP contribution in [0, 0.1) is 6.92 Å². The highest BCUT2D eigenvalue weighted by molar-refractivity contribution is 5.45. The van der Waals surface area contributed by atoms with Crippen molar-refractivity contribution >= 4 is 0 Å². The molecule has 2 aromatic carbocycles. The van der Waals surface area contributed by atoms with E-state index in [1.165, 1.54) is 37.7 Å². The second-order valence-corrected chi connectivity index (χ2v) is 6.53. The van der Waals surface area contributed by atoms with Crippen molar-refractivity contribution in [1.82, 2.24) is 0 Å². The Labute approximate surface area is 132 Å². The number of hydrogen-bond donors (Lipinski definition) is 2. The molecule has 0 heterocycles. The van der Waals surface area contributed by atoms with Crippen LogP contribution in [0.2, 0.25) is 0 Å². The normalized spacial score (nSPS) is 15.9. The number of rotatable bonds is 3. The predicted molar refractivity (Wildman–Crippen MR) is 89.6 cm³/mol. The van der Waals surface area contributed by atoms with Gasteiger partial charge in [-0.25, -0.2) is 0 Å². The van der Waals surface area contributed by atoms with E-state index in [4.69, 9.17) is 0 Å². The van der Waals surface area contributed by atoms with Crippen molar-refractivity contribution in [3.63, 3.8) is 0 Å². The fourth-order valence-corrected chi connectivity index (χ4v) is 3.50. The minimum atomic E-state index is 0.299. The lowest BCUT2D eigenvalue weighted by molar-refractivity contribution is 0.440. The summed E-state index contributed by atoms with van der Waals surface area (Å²) in [6.45, 7) is 2.02. The van der Waals surface area contributed by atoms with Crippen LogP contribution in [-0.2, 0) is 6.42 Å². The third-order valence-corrected chi connectivity index (χ3v) is 4.80. The van der Waals surface area contributed by atoms with E-state index in [1.807, 2.05) is 25.1 Å². The summed E-state index contributed by atoms with van der Waals surface area (Å²) in [5, 5.41) is 20.2. The molecular weight excluding hydrogens is 272 g/mol. The first-order chi connectivity index (χ1) is 10.6. The van der Waals surface area contributed by atoms with E-state index in [2.05, 4.69) is 12.1 Å². The SMILES string of the molecule is Cc1ccc(O)c(Cc2cc(C3CCCCC3)ccc2O)c1. The Morgan fingerprint density at radius 3 is 2.23 bits per heavy atom. The van der Waals surface area contributed by atoms with Crippen molar-refractivity contribution < 1.29 is 10.2 Å². The van der Waals surface area contributed by atoms with Gasteiger partial charge in [0.1, 0.15) is 11.5 Å². The molecule has 0 amide bonds. The molecule has 0 bridgehead atoms. The molecule has 0 atom stereocenters. The Hall–Kier alpha value is -1.96. The van der Waals surface area contributed by atoms with Crippen molar-refractivity contribution in [3.8, 4) is 11.5 Å². The summed E-state index contributed by atoms with van der Waals surface area (Å²) < 4.78 is 0.